The largest absolute Gasteiger partial charge is 0.481 e. The van der Waals surface area contributed by atoms with Crippen LogP contribution < -0.4 is 4.74 Å². The van der Waals surface area contributed by atoms with E-state index in [1.807, 2.05) is 0 Å². The van der Waals surface area contributed by atoms with Gasteiger partial charge in [0.2, 0.25) is 5.91 Å². The topological polar surface area (TPSA) is 101 Å². The fourth-order valence-electron chi connectivity index (χ4n) is 3.30. The lowest BCUT2D eigenvalue weighted by Crippen LogP contribution is -2.41. The number of hydrogen-bond acceptors (Lipinski definition) is 5. The van der Waals surface area contributed by atoms with Gasteiger partial charge in [-0.3, -0.25) is 4.79 Å². The first kappa shape index (κ1) is 22.7. The lowest BCUT2D eigenvalue weighted by atomic mass is 10.2. The van der Waals surface area contributed by atoms with Gasteiger partial charge in [0.25, 0.3) is 0 Å². The summed E-state index contributed by atoms with van der Waals surface area (Å²) >= 11 is 6.01. The second-order valence-electron chi connectivity index (χ2n) is 7.42. The molecule has 3 rings (SSSR count). The molecule has 0 unspecified atom stereocenters. The van der Waals surface area contributed by atoms with E-state index in [1.54, 1.807) is 0 Å². The summed E-state index contributed by atoms with van der Waals surface area (Å²) in [5.41, 5.74) is 0. The van der Waals surface area contributed by atoms with Crippen LogP contribution in [0.5, 0.6) is 5.75 Å². The number of carboxylic acids is 1. The molecule has 166 valence electrons. The van der Waals surface area contributed by atoms with Crippen molar-refractivity contribution in [1.29, 1.82) is 0 Å². The number of sulfone groups is 1. The fourth-order valence-corrected chi connectivity index (χ4v) is 5.53. The summed E-state index contributed by atoms with van der Waals surface area (Å²) in [5.74, 6) is -2.21. The van der Waals surface area contributed by atoms with Gasteiger partial charge in [-0.2, -0.15) is 13.2 Å². The molecule has 1 aromatic carbocycles. The number of carbonyl (C=O) groups is 2. The number of alkyl halides is 3. The molecular formula is C18H19ClF3NO6S. The summed E-state index contributed by atoms with van der Waals surface area (Å²) < 4.78 is 68.7. The number of hydrogen-bond donors (Lipinski definition) is 1. The SMILES string of the molecule is C[C@H](Oc1ccc(S(=O)(=O)[C@@H]2C[C@H](C(=O)O)N(C(=O)C3CC3)C2)c(Cl)c1)C(F)(F)F. The van der Waals surface area contributed by atoms with Gasteiger partial charge < -0.3 is 14.7 Å². The van der Waals surface area contributed by atoms with Gasteiger partial charge in [0.15, 0.2) is 15.9 Å². The van der Waals surface area contributed by atoms with Crippen LogP contribution >= 0.6 is 11.6 Å². The number of nitrogens with zero attached hydrogens (tertiary/aromatic N) is 1. The van der Waals surface area contributed by atoms with E-state index in [0.29, 0.717) is 12.8 Å². The molecule has 0 aromatic heterocycles. The second kappa shape index (κ2) is 7.92. The van der Waals surface area contributed by atoms with Gasteiger partial charge in [0, 0.05) is 18.5 Å². The van der Waals surface area contributed by atoms with E-state index >= 15 is 0 Å². The minimum Gasteiger partial charge on any atom is -0.481 e. The van der Waals surface area contributed by atoms with Gasteiger partial charge in [-0.15, -0.1) is 0 Å². The Morgan fingerprint density at radius 3 is 2.43 bits per heavy atom. The number of halogens is 4. The molecule has 1 N–H and O–H groups in total. The van der Waals surface area contributed by atoms with Crippen molar-refractivity contribution in [1.82, 2.24) is 4.90 Å². The van der Waals surface area contributed by atoms with E-state index in [2.05, 4.69) is 0 Å². The van der Waals surface area contributed by atoms with Gasteiger partial charge in [0.1, 0.15) is 11.8 Å². The molecule has 0 bridgehead atoms. The predicted octanol–water partition coefficient (Wildman–Crippen LogP) is 2.91. The highest BCUT2D eigenvalue weighted by Crippen LogP contribution is 2.38. The predicted molar refractivity (Wildman–Crippen MR) is 99.0 cm³/mol. The van der Waals surface area contributed by atoms with E-state index in [4.69, 9.17) is 16.3 Å². The molecule has 2 aliphatic rings. The first-order valence-electron chi connectivity index (χ1n) is 9.12. The van der Waals surface area contributed by atoms with Gasteiger partial charge in [-0.05, 0) is 38.3 Å². The molecule has 1 saturated carbocycles. The average molecular weight is 470 g/mol. The van der Waals surface area contributed by atoms with Crippen molar-refractivity contribution in [3.63, 3.8) is 0 Å². The molecule has 0 radical (unpaired) electrons. The molecule has 1 aliphatic carbocycles. The minimum absolute atomic E-state index is 0.260. The minimum atomic E-state index is -4.61. The summed E-state index contributed by atoms with van der Waals surface area (Å²) in [7, 11) is -4.15. The Bertz CT molecular complexity index is 963. The van der Waals surface area contributed by atoms with E-state index < -0.39 is 39.4 Å². The maximum atomic E-state index is 13.0. The maximum absolute atomic E-state index is 13.0. The van der Waals surface area contributed by atoms with E-state index in [0.717, 1.165) is 30.0 Å². The van der Waals surface area contributed by atoms with Gasteiger partial charge in [-0.1, -0.05) is 11.6 Å². The quantitative estimate of drug-likeness (QED) is 0.687. The van der Waals surface area contributed by atoms with E-state index in [1.165, 1.54) is 0 Å². The Morgan fingerprint density at radius 2 is 1.93 bits per heavy atom. The number of aliphatic carboxylic acids is 1. The first-order chi connectivity index (χ1) is 13.8. The number of ether oxygens (including phenoxy) is 1. The fraction of sp³-hybridized carbons (Fsp3) is 0.556. The van der Waals surface area contributed by atoms with Gasteiger partial charge in [0.05, 0.1) is 15.2 Å². The monoisotopic (exact) mass is 469 g/mol. The van der Waals surface area contributed by atoms with Crippen molar-refractivity contribution in [2.75, 3.05) is 6.54 Å². The van der Waals surface area contributed by atoms with Crippen LogP contribution in [0, 0.1) is 5.92 Å². The number of carbonyl (C=O) groups excluding carboxylic acids is 1. The molecule has 1 aromatic rings. The van der Waals surface area contributed by atoms with Crippen molar-refractivity contribution in [2.45, 2.75) is 54.7 Å². The summed E-state index contributed by atoms with van der Waals surface area (Å²) in [4.78, 5) is 24.6. The smallest absolute Gasteiger partial charge is 0.425 e. The number of benzene rings is 1. The molecule has 1 saturated heterocycles. The Kier molecular flexibility index (Phi) is 5.98. The Hall–Kier alpha value is -2.01. The zero-order valence-electron chi connectivity index (χ0n) is 15.7. The lowest BCUT2D eigenvalue weighted by molar-refractivity contribution is -0.189. The van der Waals surface area contributed by atoms with Crippen LogP contribution in [0.25, 0.3) is 0 Å². The third kappa shape index (κ3) is 4.51. The number of likely N-dealkylation sites (tertiary alicyclic amines) is 1. The van der Waals surface area contributed by atoms with Crippen LogP contribution in [0.4, 0.5) is 13.2 Å². The van der Waals surface area contributed by atoms with Crippen molar-refractivity contribution < 1.29 is 41.0 Å². The van der Waals surface area contributed by atoms with Crippen molar-refractivity contribution in [2.24, 2.45) is 5.92 Å². The van der Waals surface area contributed by atoms with Crippen LogP contribution in [-0.4, -0.2) is 60.4 Å². The van der Waals surface area contributed by atoms with Gasteiger partial charge in [-0.25, -0.2) is 13.2 Å². The lowest BCUT2D eigenvalue weighted by Gasteiger charge is -2.21. The van der Waals surface area contributed by atoms with Crippen LogP contribution in [-0.2, 0) is 19.4 Å². The first-order valence-corrected chi connectivity index (χ1v) is 11.0. The van der Waals surface area contributed by atoms with Crippen molar-refractivity contribution >= 4 is 33.3 Å². The standard InChI is InChI=1S/C18H19ClF3NO6S/c1-9(18(20,21)22)29-11-4-5-15(13(19)6-11)30(27,28)12-7-14(17(25)26)23(8-12)16(24)10-2-3-10/h4-6,9-10,12,14H,2-3,7-8H2,1H3,(H,25,26)/t9-,12+,14+/m0/s1. The third-order valence-corrected chi connectivity index (χ3v) is 7.79. The van der Waals surface area contributed by atoms with E-state index in [9.17, 15) is 36.3 Å². The molecule has 1 amide bonds. The van der Waals surface area contributed by atoms with E-state index in [-0.39, 0.29) is 40.5 Å². The zero-order chi connectivity index (χ0) is 22.4. The summed E-state index contributed by atoms with van der Waals surface area (Å²) in [6.45, 7) is 0.517. The summed E-state index contributed by atoms with van der Waals surface area (Å²) in [6, 6.07) is 1.79. The molecule has 3 atom stereocenters. The number of carboxylic acid groups (broad SMARTS) is 1. The molecular weight excluding hydrogens is 451 g/mol. The zero-order valence-corrected chi connectivity index (χ0v) is 17.3. The highest BCUT2D eigenvalue weighted by molar-refractivity contribution is 7.92. The Morgan fingerprint density at radius 1 is 1.30 bits per heavy atom. The maximum Gasteiger partial charge on any atom is 0.425 e. The van der Waals surface area contributed by atoms with Gasteiger partial charge >= 0.3 is 12.1 Å². The molecule has 7 nitrogen and oxygen atoms in total. The normalized spacial score (nSPS) is 23.3. The average Bonchev–Trinajstić information content (AvgIpc) is 3.37. The molecule has 0 spiro atoms. The number of rotatable bonds is 6. The highest BCUT2D eigenvalue weighted by atomic mass is 35.5. The van der Waals surface area contributed by atoms with Crippen LogP contribution in [0.1, 0.15) is 26.2 Å². The molecule has 12 heteroatoms. The van der Waals surface area contributed by atoms with Crippen molar-refractivity contribution in [3.8, 4) is 5.75 Å². The Labute approximate surface area is 175 Å². The second-order valence-corrected chi connectivity index (χ2v) is 10.0. The van der Waals surface area contributed by atoms with Crippen molar-refractivity contribution in [3.05, 3.63) is 23.2 Å². The van der Waals surface area contributed by atoms with Crippen LogP contribution in [0.2, 0.25) is 5.02 Å². The third-order valence-electron chi connectivity index (χ3n) is 5.18. The Balaban J connectivity index is 1.82. The van der Waals surface area contributed by atoms with Crippen LogP contribution in [0.15, 0.2) is 23.1 Å². The molecule has 2 fully saturated rings. The highest BCUT2D eigenvalue weighted by Gasteiger charge is 2.48. The molecule has 30 heavy (non-hydrogen) atoms. The molecule has 1 heterocycles. The number of amides is 1. The summed E-state index contributed by atoms with van der Waals surface area (Å²) in [5, 5.41) is 7.86. The van der Waals surface area contributed by atoms with Crippen LogP contribution in [0.3, 0.4) is 0 Å². The summed E-state index contributed by atoms with van der Waals surface area (Å²) in [6.07, 6.45) is -5.74. The molecule has 1 aliphatic heterocycles.